The predicted molar refractivity (Wildman–Crippen MR) is 113 cm³/mol. The smallest absolute Gasteiger partial charge is 0.256 e. The maximum absolute atomic E-state index is 13.0. The Bertz CT molecular complexity index is 811. The highest BCUT2D eigenvalue weighted by atomic mass is 127. The number of carbonyl (C=O) groups excluding carboxylic acids is 2. The molecule has 0 bridgehead atoms. The zero-order valence-electron chi connectivity index (χ0n) is 14.9. The van der Waals surface area contributed by atoms with Crippen LogP contribution in [-0.2, 0) is 0 Å². The lowest BCUT2D eigenvalue weighted by Gasteiger charge is -2.22. The number of hydrogen-bond acceptors (Lipinski definition) is 2. The SMILES string of the molecule is Cc1ccc(C(=O)Nc2ccccc2C(=O)N2CCCCCC2)c(I)c1. The van der Waals surface area contributed by atoms with E-state index < -0.39 is 0 Å². The second-order valence-electron chi connectivity index (χ2n) is 6.69. The minimum Gasteiger partial charge on any atom is -0.339 e. The van der Waals surface area contributed by atoms with Crippen LogP contribution in [0.4, 0.5) is 5.69 Å². The summed E-state index contributed by atoms with van der Waals surface area (Å²) in [7, 11) is 0. The predicted octanol–water partition coefficient (Wildman–Crippen LogP) is 4.87. The molecule has 1 heterocycles. The van der Waals surface area contributed by atoms with Crippen LogP contribution in [0.2, 0.25) is 0 Å². The molecule has 1 aliphatic heterocycles. The lowest BCUT2D eigenvalue weighted by atomic mass is 10.1. The van der Waals surface area contributed by atoms with Crippen LogP contribution in [0.3, 0.4) is 0 Å². The van der Waals surface area contributed by atoms with Crippen LogP contribution in [0.5, 0.6) is 0 Å². The third-order valence-electron chi connectivity index (χ3n) is 4.67. The van der Waals surface area contributed by atoms with Crippen molar-refractivity contribution in [3.63, 3.8) is 0 Å². The van der Waals surface area contributed by atoms with Gasteiger partial charge in [-0.25, -0.2) is 0 Å². The van der Waals surface area contributed by atoms with E-state index in [-0.39, 0.29) is 11.8 Å². The molecular weight excluding hydrogens is 439 g/mol. The van der Waals surface area contributed by atoms with Gasteiger partial charge in [-0.15, -0.1) is 0 Å². The van der Waals surface area contributed by atoms with Gasteiger partial charge < -0.3 is 10.2 Å². The summed E-state index contributed by atoms with van der Waals surface area (Å²) in [5.74, 6) is -0.188. The van der Waals surface area contributed by atoms with Gasteiger partial charge in [0.15, 0.2) is 0 Å². The number of amides is 2. The molecule has 0 saturated carbocycles. The number of benzene rings is 2. The molecule has 1 aliphatic rings. The summed E-state index contributed by atoms with van der Waals surface area (Å²) >= 11 is 2.17. The van der Waals surface area contributed by atoms with E-state index in [4.69, 9.17) is 0 Å². The fourth-order valence-corrected chi connectivity index (χ4v) is 4.13. The summed E-state index contributed by atoms with van der Waals surface area (Å²) in [4.78, 5) is 27.6. The Labute approximate surface area is 168 Å². The first kappa shape index (κ1) is 18.9. The van der Waals surface area contributed by atoms with Crippen molar-refractivity contribution in [3.8, 4) is 0 Å². The van der Waals surface area contributed by atoms with Gasteiger partial charge in [0.2, 0.25) is 0 Å². The molecule has 0 atom stereocenters. The lowest BCUT2D eigenvalue weighted by molar-refractivity contribution is 0.0762. The van der Waals surface area contributed by atoms with E-state index in [1.54, 1.807) is 12.1 Å². The Morgan fingerprint density at radius 3 is 2.35 bits per heavy atom. The van der Waals surface area contributed by atoms with Crippen LogP contribution in [0.15, 0.2) is 42.5 Å². The van der Waals surface area contributed by atoms with Gasteiger partial charge in [0.1, 0.15) is 0 Å². The second-order valence-corrected chi connectivity index (χ2v) is 7.85. The average Bonchev–Trinajstić information content (AvgIpc) is 2.91. The van der Waals surface area contributed by atoms with Gasteiger partial charge in [-0.1, -0.05) is 36.6 Å². The first-order valence-electron chi connectivity index (χ1n) is 9.02. The summed E-state index contributed by atoms with van der Waals surface area (Å²) in [6.45, 7) is 3.58. The molecule has 1 N–H and O–H groups in total. The molecule has 2 aromatic rings. The van der Waals surface area contributed by atoms with Gasteiger partial charge in [-0.3, -0.25) is 9.59 Å². The normalized spacial score (nSPS) is 14.6. The summed E-state index contributed by atoms with van der Waals surface area (Å²) in [5.41, 5.74) is 2.86. The highest BCUT2D eigenvalue weighted by Gasteiger charge is 2.21. The number of likely N-dealkylation sites (tertiary alicyclic amines) is 1. The molecule has 0 spiro atoms. The Morgan fingerprint density at radius 1 is 0.962 bits per heavy atom. The van der Waals surface area contributed by atoms with Crippen molar-refractivity contribution in [2.24, 2.45) is 0 Å². The van der Waals surface area contributed by atoms with E-state index in [2.05, 4.69) is 27.9 Å². The summed E-state index contributed by atoms with van der Waals surface area (Å²) in [5, 5.41) is 2.93. The van der Waals surface area contributed by atoms with Gasteiger partial charge in [-0.2, -0.15) is 0 Å². The number of rotatable bonds is 3. The van der Waals surface area contributed by atoms with Crippen molar-refractivity contribution in [3.05, 3.63) is 62.7 Å². The fraction of sp³-hybridized carbons (Fsp3) is 0.333. The molecule has 1 fully saturated rings. The Balaban J connectivity index is 1.82. The van der Waals surface area contributed by atoms with Crippen molar-refractivity contribution < 1.29 is 9.59 Å². The molecule has 2 aromatic carbocycles. The minimum absolute atomic E-state index is 0.00130. The van der Waals surface area contributed by atoms with Crippen LogP contribution >= 0.6 is 22.6 Å². The van der Waals surface area contributed by atoms with Gasteiger partial charge in [-0.05, 0) is 66.6 Å². The van der Waals surface area contributed by atoms with Gasteiger partial charge in [0, 0.05) is 16.7 Å². The maximum Gasteiger partial charge on any atom is 0.256 e. The number of nitrogens with one attached hydrogen (secondary N) is 1. The number of aryl methyl sites for hydroxylation is 1. The van der Waals surface area contributed by atoms with E-state index in [0.717, 1.165) is 35.1 Å². The van der Waals surface area contributed by atoms with E-state index >= 15 is 0 Å². The molecule has 2 amide bonds. The van der Waals surface area contributed by atoms with Crippen molar-refractivity contribution in [2.45, 2.75) is 32.6 Å². The summed E-state index contributed by atoms with van der Waals surface area (Å²) < 4.78 is 0.899. The maximum atomic E-state index is 13.0. The highest BCUT2D eigenvalue weighted by Crippen LogP contribution is 2.22. The quantitative estimate of drug-likeness (QED) is 0.662. The Morgan fingerprint density at radius 2 is 1.65 bits per heavy atom. The van der Waals surface area contributed by atoms with Crippen LogP contribution in [0.25, 0.3) is 0 Å². The van der Waals surface area contributed by atoms with Crippen molar-refractivity contribution in [2.75, 3.05) is 18.4 Å². The molecule has 4 nitrogen and oxygen atoms in total. The summed E-state index contributed by atoms with van der Waals surface area (Å²) in [6, 6.07) is 13.0. The van der Waals surface area contributed by atoms with E-state index in [1.807, 2.05) is 42.2 Å². The van der Waals surface area contributed by atoms with Crippen molar-refractivity contribution in [1.29, 1.82) is 0 Å². The molecule has 0 aromatic heterocycles. The molecule has 136 valence electrons. The fourth-order valence-electron chi connectivity index (χ4n) is 3.22. The molecule has 1 saturated heterocycles. The Kier molecular flexibility index (Phi) is 6.29. The average molecular weight is 462 g/mol. The van der Waals surface area contributed by atoms with Crippen LogP contribution in [-0.4, -0.2) is 29.8 Å². The van der Waals surface area contributed by atoms with Gasteiger partial charge in [0.25, 0.3) is 11.8 Å². The van der Waals surface area contributed by atoms with E-state index in [9.17, 15) is 9.59 Å². The number of hydrogen-bond donors (Lipinski definition) is 1. The Hall–Kier alpha value is -1.89. The topological polar surface area (TPSA) is 49.4 Å². The number of para-hydroxylation sites is 1. The van der Waals surface area contributed by atoms with Crippen molar-refractivity contribution in [1.82, 2.24) is 4.90 Å². The zero-order chi connectivity index (χ0) is 18.5. The third kappa shape index (κ3) is 4.44. The first-order valence-corrected chi connectivity index (χ1v) is 10.1. The summed E-state index contributed by atoms with van der Waals surface area (Å²) in [6.07, 6.45) is 4.44. The molecular formula is C21H23IN2O2. The molecule has 5 heteroatoms. The number of carbonyl (C=O) groups is 2. The molecule has 0 aliphatic carbocycles. The zero-order valence-corrected chi connectivity index (χ0v) is 17.1. The van der Waals surface area contributed by atoms with Crippen LogP contribution in [0.1, 0.15) is 52.0 Å². The van der Waals surface area contributed by atoms with Crippen LogP contribution in [0, 0.1) is 10.5 Å². The highest BCUT2D eigenvalue weighted by molar-refractivity contribution is 14.1. The van der Waals surface area contributed by atoms with Gasteiger partial charge in [0.05, 0.1) is 16.8 Å². The van der Waals surface area contributed by atoms with E-state index in [0.29, 0.717) is 16.8 Å². The molecule has 0 radical (unpaired) electrons. The number of nitrogens with zero attached hydrogens (tertiary/aromatic N) is 1. The van der Waals surface area contributed by atoms with Crippen LogP contribution < -0.4 is 5.32 Å². The monoisotopic (exact) mass is 462 g/mol. The lowest BCUT2D eigenvalue weighted by Crippen LogP contribution is -2.32. The number of halogens is 1. The molecule has 3 rings (SSSR count). The standard InChI is InChI=1S/C21H23IN2O2/c1-15-10-11-16(18(22)14-15)20(25)23-19-9-5-4-8-17(19)21(26)24-12-6-2-3-7-13-24/h4-5,8-11,14H,2-3,6-7,12-13H2,1H3,(H,23,25). The van der Waals surface area contributed by atoms with E-state index in [1.165, 1.54) is 12.8 Å². The second kappa shape index (κ2) is 8.66. The molecule has 26 heavy (non-hydrogen) atoms. The number of anilines is 1. The van der Waals surface area contributed by atoms with Gasteiger partial charge >= 0.3 is 0 Å². The molecule has 0 unspecified atom stereocenters. The minimum atomic E-state index is -0.189. The van der Waals surface area contributed by atoms with Crippen molar-refractivity contribution >= 4 is 40.1 Å². The first-order chi connectivity index (χ1) is 12.6. The largest absolute Gasteiger partial charge is 0.339 e. The third-order valence-corrected chi connectivity index (χ3v) is 5.56.